The minimum absolute atomic E-state index is 0.179. The molecule has 33 heavy (non-hydrogen) atoms. The van der Waals surface area contributed by atoms with Crippen LogP contribution in [0.25, 0.3) is 0 Å². The van der Waals surface area contributed by atoms with Gasteiger partial charge in [0.05, 0.1) is 15.6 Å². The molecule has 3 aromatic carbocycles. The Morgan fingerprint density at radius 2 is 1.55 bits per heavy atom. The lowest BCUT2D eigenvalue weighted by molar-refractivity contribution is 0.0746. The number of halogens is 3. The van der Waals surface area contributed by atoms with E-state index in [-0.39, 0.29) is 27.3 Å². The van der Waals surface area contributed by atoms with Gasteiger partial charge in [0.1, 0.15) is 11.6 Å². The normalized spacial score (nSPS) is 14.3. The quantitative estimate of drug-likeness (QED) is 0.575. The molecule has 10 heteroatoms. The molecule has 3 aromatic rings. The molecule has 1 amide bonds. The fourth-order valence-electron chi connectivity index (χ4n) is 3.58. The van der Waals surface area contributed by atoms with Gasteiger partial charge in [-0.15, -0.1) is 0 Å². The third-order valence-corrected chi connectivity index (χ3v) is 7.01. The van der Waals surface area contributed by atoms with E-state index in [0.29, 0.717) is 37.4 Å². The van der Waals surface area contributed by atoms with Gasteiger partial charge in [-0.1, -0.05) is 23.7 Å². The number of anilines is 2. The minimum Gasteiger partial charge on any atom is -0.366 e. The second-order valence-corrected chi connectivity index (χ2v) is 9.58. The average Bonchev–Trinajstić information content (AvgIpc) is 2.81. The molecule has 0 aromatic heterocycles. The number of para-hydroxylation sites is 1. The van der Waals surface area contributed by atoms with Gasteiger partial charge in [-0.25, -0.2) is 17.2 Å². The van der Waals surface area contributed by atoms with E-state index in [1.165, 1.54) is 30.3 Å². The number of piperazine rings is 1. The van der Waals surface area contributed by atoms with Crippen LogP contribution in [0.4, 0.5) is 20.2 Å². The van der Waals surface area contributed by atoms with Gasteiger partial charge in [-0.2, -0.15) is 0 Å². The van der Waals surface area contributed by atoms with Crippen molar-refractivity contribution < 1.29 is 22.0 Å². The summed E-state index contributed by atoms with van der Waals surface area (Å²) in [4.78, 5) is 16.2. The van der Waals surface area contributed by atoms with Crippen molar-refractivity contribution in [1.82, 2.24) is 4.90 Å². The summed E-state index contributed by atoms with van der Waals surface area (Å²) >= 11 is 5.67. The lowest BCUT2D eigenvalue weighted by atomic mass is 10.1. The van der Waals surface area contributed by atoms with Crippen LogP contribution in [-0.2, 0) is 10.0 Å². The van der Waals surface area contributed by atoms with Crippen LogP contribution in [0.15, 0.2) is 71.6 Å². The lowest BCUT2D eigenvalue weighted by Crippen LogP contribution is -2.49. The van der Waals surface area contributed by atoms with Crippen molar-refractivity contribution in [3.63, 3.8) is 0 Å². The largest absolute Gasteiger partial charge is 0.366 e. The van der Waals surface area contributed by atoms with Gasteiger partial charge in [-0.3, -0.25) is 9.52 Å². The Bertz CT molecular complexity index is 1280. The van der Waals surface area contributed by atoms with Crippen molar-refractivity contribution in [3.05, 3.63) is 89.0 Å². The first-order valence-electron chi connectivity index (χ1n) is 10.1. The smallest absolute Gasteiger partial charge is 0.261 e. The summed E-state index contributed by atoms with van der Waals surface area (Å²) in [6.45, 7) is 1.88. The molecule has 0 bridgehead atoms. The maximum absolute atomic E-state index is 14.0. The third-order valence-electron chi connectivity index (χ3n) is 5.35. The number of sulfonamides is 1. The molecule has 0 unspecified atom stereocenters. The Kier molecular flexibility index (Phi) is 6.53. The number of carbonyl (C=O) groups excluding carboxylic acids is 1. The van der Waals surface area contributed by atoms with Crippen molar-refractivity contribution in [1.29, 1.82) is 0 Å². The predicted molar refractivity (Wildman–Crippen MR) is 123 cm³/mol. The second kappa shape index (κ2) is 9.36. The summed E-state index contributed by atoms with van der Waals surface area (Å²) in [7, 11) is -3.97. The second-order valence-electron chi connectivity index (χ2n) is 7.49. The topological polar surface area (TPSA) is 69.7 Å². The van der Waals surface area contributed by atoms with Gasteiger partial charge in [0.2, 0.25) is 0 Å². The van der Waals surface area contributed by atoms with Crippen LogP contribution in [-0.4, -0.2) is 45.4 Å². The molecule has 172 valence electrons. The highest BCUT2D eigenvalue weighted by atomic mass is 35.5. The van der Waals surface area contributed by atoms with Gasteiger partial charge in [0, 0.05) is 37.4 Å². The van der Waals surface area contributed by atoms with Crippen molar-refractivity contribution in [3.8, 4) is 0 Å². The molecule has 1 aliphatic heterocycles. The van der Waals surface area contributed by atoms with Crippen LogP contribution in [0.1, 0.15) is 10.4 Å². The van der Waals surface area contributed by atoms with Gasteiger partial charge < -0.3 is 9.80 Å². The highest BCUT2D eigenvalue weighted by molar-refractivity contribution is 7.92. The first-order chi connectivity index (χ1) is 15.7. The SMILES string of the molecule is O=C(c1ccc(NS(=O)(=O)c2ccc(F)c(Cl)c2)cc1)N1CCN(c2ccccc2F)CC1. The molecule has 0 spiro atoms. The maximum Gasteiger partial charge on any atom is 0.261 e. The number of benzene rings is 3. The Hall–Kier alpha value is -3.17. The molecule has 4 rings (SSSR count). The molecule has 1 saturated heterocycles. The van der Waals surface area contributed by atoms with Gasteiger partial charge in [-0.05, 0) is 54.6 Å². The van der Waals surface area contributed by atoms with E-state index in [9.17, 15) is 22.0 Å². The van der Waals surface area contributed by atoms with Crippen LogP contribution < -0.4 is 9.62 Å². The van der Waals surface area contributed by atoms with Crippen molar-refractivity contribution in [2.45, 2.75) is 4.90 Å². The Morgan fingerprint density at radius 3 is 2.18 bits per heavy atom. The molecule has 0 atom stereocenters. The highest BCUT2D eigenvalue weighted by Crippen LogP contribution is 2.23. The van der Waals surface area contributed by atoms with Crippen molar-refractivity contribution in [2.24, 2.45) is 0 Å². The van der Waals surface area contributed by atoms with E-state index in [1.54, 1.807) is 23.1 Å². The van der Waals surface area contributed by atoms with Gasteiger partial charge in [0.25, 0.3) is 15.9 Å². The molecule has 0 radical (unpaired) electrons. The standard InChI is InChI=1S/C23H20ClF2N3O3S/c24-19-15-18(9-10-20(19)25)33(31,32)27-17-7-5-16(6-8-17)23(30)29-13-11-28(12-14-29)22-4-2-1-3-21(22)26/h1-10,15,27H,11-14H2. The number of hydrogen-bond acceptors (Lipinski definition) is 4. The van der Waals surface area contributed by atoms with Crippen LogP contribution >= 0.6 is 11.6 Å². The number of nitrogens with one attached hydrogen (secondary N) is 1. The molecular formula is C23H20ClF2N3O3S. The lowest BCUT2D eigenvalue weighted by Gasteiger charge is -2.36. The molecule has 0 aliphatic carbocycles. The van der Waals surface area contributed by atoms with Crippen LogP contribution in [0.3, 0.4) is 0 Å². The predicted octanol–water partition coefficient (Wildman–Crippen LogP) is 4.38. The maximum atomic E-state index is 14.0. The monoisotopic (exact) mass is 491 g/mol. The minimum atomic E-state index is -3.97. The fourth-order valence-corrected chi connectivity index (χ4v) is 4.91. The van der Waals surface area contributed by atoms with Gasteiger partial charge in [0.15, 0.2) is 0 Å². The zero-order valence-electron chi connectivity index (χ0n) is 17.3. The summed E-state index contributed by atoms with van der Waals surface area (Å²) in [5.74, 6) is -1.20. The fraction of sp³-hybridized carbons (Fsp3) is 0.174. The zero-order chi connectivity index (χ0) is 23.6. The summed E-state index contributed by atoms with van der Waals surface area (Å²) in [6, 6.07) is 15.7. The van der Waals surface area contributed by atoms with Gasteiger partial charge >= 0.3 is 0 Å². The van der Waals surface area contributed by atoms with Crippen LogP contribution in [0, 0.1) is 11.6 Å². The number of carbonyl (C=O) groups is 1. The molecule has 1 aliphatic rings. The number of nitrogens with zero attached hydrogens (tertiary/aromatic N) is 2. The Morgan fingerprint density at radius 1 is 0.879 bits per heavy atom. The molecule has 6 nitrogen and oxygen atoms in total. The highest BCUT2D eigenvalue weighted by Gasteiger charge is 2.24. The first kappa shape index (κ1) is 23.0. The van der Waals surface area contributed by atoms with E-state index >= 15 is 0 Å². The van der Waals surface area contributed by atoms with Crippen molar-refractivity contribution >= 4 is 38.9 Å². The van der Waals surface area contributed by atoms with Crippen LogP contribution in [0.2, 0.25) is 5.02 Å². The first-order valence-corrected chi connectivity index (χ1v) is 12.0. The number of rotatable bonds is 5. The average molecular weight is 492 g/mol. The Balaban J connectivity index is 1.39. The Labute approximate surface area is 195 Å². The van der Waals surface area contributed by atoms with E-state index < -0.39 is 15.8 Å². The zero-order valence-corrected chi connectivity index (χ0v) is 18.9. The number of hydrogen-bond donors (Lipinski definition) is 1. The van der Waals surface area contributed by atoms with E-state index in [1.807, 2.05) is 4.90 Å². The van der Waals surface area contributed by atoms with Crippen LogP contribution in [0.5, 0.6) is 0 Å². The van der Waals surface area contributed by atoms with Crippen molar-refractivity contribution in [2.75, 3.05) is 35.8 Å². The molecular weight excluding hydrogens is 472 g/mol. The summed E-state index contributed by atoms with van der Waals surface area (Å²) < 4.78 is 54.7. The number of amides is 1. The molecule has 1 N–H and O–H groups in total. The van der Waals surface area contributed by atoms with E-state index in [4.69, 9.17) is 11.6 Å². The molecule has 0 saturated carbocycles. The molecule has 1 fully saturated rings. The third kappa shape index (κ3) is 5.09. The van der Waals surface area contributed by atoms with E-state index in [2.05, 4.69) is 4.72 Å². The van der Waals surface area contributed by atoms with E-state index in [0.717, 1.165) is 18.2 Å². The summed E-state index contributed by atoms with van der Waals surface area (Å²) in [5, 5.41) is -0.297. The molecule has 1 heterocycles. The summed E-state index contributed by atoms with van der Waals surface area (Å²) in [6.07, 6.45) is 0. The summed E-state index contributed by atoms with van der Waals surface area (Å²) in [5.41, 5.74) is 1.17.